The smallest absolute Gasteiger partial charge is 0.332 e. The molecule has 0 saturated carbocycles. The Morgan fingerprint density at radius 3 is 0.875 bits per heavy atom. The lowest BCUT2D eigenvalue weighted by molar-refractivity contribution is -0.157. The van der Waals surface area contributed by atoms with Crippen molar-refractivity contribution < 1.29 is 76.0 Å². The Morgan fingerprint density at radius 1 is 0.300 bits per heavy atom. The van der Waals surface area contributed by atoms with Crippen molar-refractivity contribution in [2.75, 3.05) is 80.0 Å². The van der Waals surface area contributed by atoms with Crippen LogP contribution in [0, 0.1) is 0 Å². The van der Waals surface area contributed by atoms with E-state index in [1.807, 2.05) is 97.1 Å². The number of carbonyl (C=O) groups is 4. The molecule has 8 rings (SSSR count). The second-order valence-corrected chi connectivity index (χ2v) is 17.3. The molecule has 0 bridgehead atoms. The van der Waals surface area contributed by atoms with Gasteiger partial charge in [-0.15, -0.1) is 0 Å². The van der Waals surface area contributed by atoms with Crippen LogP contribution in [0.15, 0.2) is 184 Å². The molecule has 0 heterocycles. The van der Waals surface area contributed by atoms with Crippen molar-refractivity contribution in [2.24, 2.45) is 0 Å². The molecule has 16 nitrogen and oxygen atoms in total. The number of ether oxygens (including phenoxy) is 12. The van der Waals surface area contributed by atoms with Gasteiger partial charge in [-0.3, -0.25) is 0 Å². The minimum absolute atomic E-state index is 0.119. The molecule has 0 spiro atoms. The Labute approximate surface area is 462 Å². The molecule has 0 unspecified atom stereocenters. The van der Waals surface area contributed by atoms with Crippen LogP contribution in [0.2, 0.25) is 0 Å². The summed E-state index contributed by atoms with van der Waals surface area (Å²) < 4.78 is 65.4. The zero-order valence-corrected chi connectivity index (χ0v) is 43.9. The largest absolute Gasteiger partial charge is 0.491 e. The minimum atomic E-state index is -0.598. The Bertz CT molecular complexity index is 3200. The first-order valence-electron chi connectivity index (χ1n) is 25.4. The van der Waals surface area contributed by atoms with Crippen molar-refractivity contribution in [3.63, 3.8) is 0 Å². The molecule has 16 heteroatoms. The molecule has 0 aliphatic heterocycles. The summed E-state index contributed by atoms with van der Waals surface area (Å²) in [5, 5.41) is 6.23. The van der Waals surface area contributed by atoms with Crippen LogP contribution in [0.1, 0.15) is 0 Å². The highest BCUT2D eigenvalue weighted by molar-refractivity contribution is 6.32. The second kappa shape index (κ2) is 28.9. The first-order chi connectivity index (χ1) is 39.2. The van der Waals surface area contributed by atoms with Crippen LogP contribution in [-0.4, -0.2) is 104 Å². The van der Waals surface area contributed by atoms with Gasteiger partial charge in [0.2, 0.25) is 0 Å². The van der Waals surface area contributed by atoms with E-state index in [1.165, 1.54) is 0 Å². The maximum Gasteiger partial charge on any atom is 0.332 e. The lowest BCUT2D eigenvalue weighted by atomic mass is 9.82. The highest BCUT2D eigenvalue weighted by atomic mass is 16.7. The molecule has 8 aromatic carbocycles. The van der Waals surface area contributed by atoms with E-state index in [4.69, 9.17) is 56.8 Å². The van der Waals surface area contributed by atoms with Crippen LogP contribution in [0.3, 0.4) is 0 Å². The predicted molar refractivity (Wildman–Crippen MR) is 302 cm³/mol. The van der Waals surface area contributed by atoms with Crippen molar-refractivity contribution in [1.82, 2.24) is 0 Å². The van der Waals surface area contributed by atoms with E-state index in [9.17, 15) is 19.2 Å². The fourth-order valence-corrected chi connectivity index (χ4v) is 8.64. The summed E-state index contributed by atoms with van der Waals surface area (Å²) in [6.45, 7) is 14.6. The highest BCUT2D eigenvalue weighted by Crippen LogP contribution is 2.49. The fraction of sp³-hybridized carbons (Fsp3) is 0.188. The van der Waals surface area contributed by atoms with E-state index < -0.39 is 23.9 Å². The van der Waals surface area contributed by atoms with Crippen LogP contribution < -0.4 is 18.9 Å². The van der Waals surface area contributed by atoms with Gasteiger partial charge in [0.05, 0.1) is 26.4 Å². The third kappa shape index (κ3) is 15.0. The Hall–Kier alpha value is -9.32. The monoisotopic (exact) mass is 1080 g/mol. The van der Waals surface area contributed by atoms with Gasteiger partial charge in [-0.05, 0) is 137 Å². The summed E-state index contributed by atoms with van der Waals surface area (Å²) >= 11 is 0. The molecule has 0 aliphatic rings. The molecule has 80 heavy (non-hydrogen) atoms. The number of esters is 4. The summed E-state index contributed by atoms with van der Waals surface area (Å²) in [4.78, 5) is 45.6. The van der Waals surface area contributed by atoms with Crippen LogP contribution in [0.4, 0.5) is 0 Å². The molecule has 0 aromatic heterocycles. The molecule has 0 aliphatic carbocycles. The van der Waals surface area contributed by atoms with Crippen LogP contribution >= 0.6 is 0 Å². The normalized spacial score (nSPS) is 10.9. The standard InChI is InChI=1S/C64H58O16/c1-5-59(65)75-35-31-69-29-33-73-47-17-9-43(10-18-47)55-37-56(44-11-19-48(20-12-44)74-34-30-70-32-36-76-60(66)6-2)52-26-28-54-58(46-15-23-50(24-16-46)78-40-72-42-80-62(68)8-4)38-57(53-27-25-51(55)63(52)64(53)54)45-13-21-49(22-14-45)77-39-71-41-79-61(67)7-3/h5-28,37-38H,1-4,29-36,39-42H2. The summed E-state index contributed by atoms with van der Waals surface area (Å²) in [6.07, 6.45) is 4.33. The van der Waals surface area contributed by atoms with E-state index in [0.29, 0.717) is 49.4 Å². The third-order valence-corrected chi connectivity index (χ3v) is 12.4. The van der Waals surface area contributed by atoms with E-state index in [2.05, 4.69) is 62.7 Å². The molecule has 0 radical (unpaired) electrons. The number of benzene rings is 8. The predicted octanol–water partition coefficient (Wildman–Crippen LogP) is 11.6. The summed E-state index contributed by atoms with van der Waals surface area (Å²) in [6, 6.07) is 44.5. The molecular weight excluding hydrogens is 1020 g/mol. The maximum absolute atomic E-state index is 11.5. The average Bonchev–Trinajstić information content (AvgIpc) is 3.68. The SMILES string of the molecule is C=CC(=O)OCCOCCOc1ccc(-c2cc(-c3ccc(OCCOCCOC(=O)C=C)cc3)c3ccc4c(-c5ccc(OCOCOC(=O)C=C)cc5)cc(-c5ccc(OCOCOC(=O)C=C)cc5)c5ccc2c3c54)cc1. The average molecular weight is 1080 g/mol. The fourth-order valence-electron chi connectivity index (χ4n) is 8.64. The van der Waals surface area contributed by atoms with Gasteiger partial charge >= 0.3 is 23.9 Å². The van der Waals surface area contributed by atoms with Gasteiger partial charge in [0, 0.05) is 24.3 Å². The summed E-state index contributed by atoms with van der Waals surface area (Å²) in [7, 11) is 0. The van der Waals surface area contributed by atoms with Gasteiger partial charge in [0.25, 0.3) is 0 Å². The molecule has 0 atom stereocenters. The van der Waals surface area contributed by atoms with Crippen molar-refractivity contribution in [1.29, 1.82) is 0 Å². The maximum atomic E-state index is 11.5. The van der Waals surface area contributed by atoms with Crippen molar-refractivity contribution in [3.8, 4) is 67.5 Å². The van der Waals surface area contributed by atoms with Gasteiger partial charge in [0.15, 0.2) is 27.2 Å². The zero-order valence-electron chi connectivity index (χ0n) is 43.9. The van der Waals surface area contributed by atoms with Crippen LogP contribution in [-0.2, 0) is 57.1 Å². The van der Waals surface area contributed by atoms with Crippen LogP contribution in [0.5, 0.6) is 23.0 Å². The molecule has 0 amide bonds. The molecule has 0 N–H and O–H groups in total. The van der Waals surface area contributed by atoms with Gasteiger partial charge in [-0.1, -0.05) is 99.1 Å². The van der Waals surface area contributed by atoms with Crippen molar-refractivity contribution >= 4 is 56.2 Å². The van der Waals surface area contributed by atoms with Crippen molar-refractivity contribution in [3.05, 3.63) is 184 Å². The topological polar surface area (TPSA) is 179 Å². The Morgan fingerprint density at radius 2 is 0.575 bits per heavy atom. The lowest BCUT2D eigenvalue weighted by Gasteiger charge is -2.22. The number of carbonyl (C=O) groups excluding carboxylic acids is 4. The quantitative estimate of drug-likeness (QED) is 0.00970. The van der Waals surface area contributed by atoms with Crippen LogP contribution in [0.25, 0.3) is 76.8 Å². The third-order valence-electron chi connectivity index (χ3n) is 12.4. The van der Waals surface area contributed by atoms with E-state index in [1.54, 1.807) is 0 Å². The Kier molecular flexibility index (Phi) is 20.5. The molecule has 0 saturated heterocycles. The van der Waals surface area contributed by atoms with Crippen molar-refractivity contribution in [2.45, 2.75) is 0 Å². The van der Waals surface area contributed by atoms with Gasteiger partial charge in [-0.2, -0.15) is 0 Å². The minimum Gasteiger partial charge on any atom is -0.491 e. The second-order valence-electron chi connectivity index (χ2n) is 17.3. The van der Waals surface area contributed by atoms with E-state index >= 15 is 0 Å². The molecule has 0 fully saturated rings. The van der Waals surface area contributed by atoms with E-state index in [0.717, 1.165) is 101 Å². The molecule has 410 valence electrons. The lowest BCUT2D eigenvalue weighted by Crippen LogP contribution is -2.12. The number of rotatable bonds is 32. The summed E-state index contributed by atoms with van der Waals surface area (Å²) in [5.74, 6) is 0.228. The van der Waals surface area contributed by atoms with Gasteiger partial charge < -0.3 is 56.8 Å². The Balaban J connectivity index is 1.17. The molecule has 8 aromatic rings. The zero-order chi connectivity index (χ0) is 56.1. The first kappa shape index (κ1) is 56.9. The van der Waals surface area contributed by atoms with E-state index in [-0.39, 0.29) is 53.6 Å². The summed E-state index contributed by atoms with van der Waals surface area (Å²) in [5.41, 5.74) is 7.74. The van der Waals surface area contributed by atoms with Gasteiger partial charge in [-0.25, -0.2) is 19.2 Å². The number of hydrogen-bond donors (Lipinski definition) is 0. The highest BCUT2D eigenvalue weighted by Gasteiger charge is 2.22. The number of hydrogen-bond acceptors (Lipinski definition) is 16. The molecular formula is C64H58O16. The first-order valence-corrected chi connectivity index (χ1v) is 25.4. The van der Waals surface area contributed by atoms with Gasteiger partial charge in [0.1, 0.15) is 49.4 Å².